The lowest BCUT2D eigenvalue weighted by atomic mass is 10.0. The van der Waals surface area contributed by atoms with Crippen LogP contribution < -0.4 is 11.1 Å². The van der Waals surface area contributed by atoms with Crippen LogP contribution in [0, 0.1) is 0 Å². The zero-order valence-electron chi connectivity index (χ0n) is 24.6. The highest BCUT2D eigenvalue weighted by atomic mass is 32.2. The number of aromatic nitrogens is 3. The first-order valence-electron chi connectivity index (χ1n) is 13.9. The van der Waals surface area contributed by atoms with Crippen molar-refractivity contribution in [2.45, 2.75) is 22.7 Å². The van der Waals surface area contributed by atoms with Crippen molar-refractivity contribution in [3.05, 3.63) is 76.4 Å². The van der Waals surface area contributed by atoms with Crippen LogP contribution in [-0.2, 0) is 24.0 Å². The molecule has 0 radical (unpaired) electrons. The number of nitrogens with one attached hydrogen (secondary N) is 1. The Labute approximate surface area is 287 Å². The van der Waals surface area contributed by atoms with Crippen molar-refractivity contribution in [2.75, 3.05) is 17.2 Å². The van der Waals surface area contributed by atoms with Gasteiger partial charge in [0.15, 0.2) is 22.3 Å². The molecule has 4 aromatic rings. The van der Waals surface area contributed by atoms with E-state index >= 15 is 0 Å². The molecule has 20 heteroatoms. The van der Waals surface area contributed by atoms with Crippen LogP contribution in [0.25, 0.3) is 11.5 Å². The van der Waals surface area contributed by atoms with Gasteiger partial charge < -0.3 is 40.7 Å². The number of carboxylic acids is 2. The summed E-state index contributed by atoms with van der Waals surface area (Å²) in [5.74, 6) is -4.69. The average molecular weight is 726 g/mol. The second-order valence-electron chi connectivity index (χ2n) is 10.2. The number of nitrogen functional groups attached to an aromatic ring is 1. The fraction of sp³-hybridized carbons (Fsp3) is 0.172. The number of aromatic hydroxyl groups is 2. The lowest BCUT2D eigenvalue weighted by molar-refractivity contribution is -0.151. The molecule has 1 unspecified atom stereocenters. The SMILES string of the molecule is Nc1nc(/C(=N/OC(C(=O)O)c2ccccc2)C(=O)N[C@@H]2C(=O)N3C(C(=O)O)=C(CSc4nnc(-c5ccc(O)c(O)c5)o4)CS[C@H]23)cs1. The number of phenolic OH excluding ortho intramolecular Hbond substituents is 2. The first-order chi connectivity index (χ1) is 23.5. The van der Waals surface area contributed by atoms with Crippen LogP contribution in [0.4, 0.5) is 5.13 Å². The van der Waals surface area contributed by atoms with E-state index in [2.05, 4.69) is 25.7 Å². The van der Waals surface area contributed by atoms with Gasteiger partial charge >= 0.3 is 11.9 Å². The second kappa shape index (κ2) is 13.9. The van der Waals surface area contributed by atoms with Gasteiger partial charge in [-0.25, -0.2) is 14.6 Å². The van der Waals surface area contributed by atoms with Crippen LogP contribution in [0.15, 0.2) is 80.0 Å². The third kappa shape index (κ3) is 6.87. The van der Waals surface area contributed by atoms with Crippen molar-refractivity contribution < 1.29 is 48.9 Å². The van der Waals surface area contributed by atoms with Crippen molar-refractivity contribution in [1.82, 2.24) is 25.4 Å². The van der Waals surface area contributed by atoms with Gasteiger partial charge in [0.2, 0.25) is 12.0 Å². The number of anilines is 1. The molecule has 0 aliphatic carbocycles. The smallest absolute Gasteiger partial charge is 0.352 e. The number of carboxylic acid groups (broad SMARTS) is 2. The Bertz CT molecular complexity index is 2020. The van der Waals surface area contributed by atoms with E-state index in [0.717, 1.165) is 28.0 Å². The summed E-state index contributed by atoms with van der Waals surface area (Å²) >= 11 is 3.26. The molecule has 2 aliphatic rings. The molecule has 49 heavy (non-hydrogen) atoms. The first kappa shape index (κ1) is 33.3. The normalized spacial score (nSPS) is 18.0. The van der Waals surface area contributed by atoms with Crippen molar-refractivity contribution in [3.63, 3.8) is 0 Å². The quantitative estimate of drug-likeness (QED) is 0.0402. The number of phenols is 2. The van der Waals surface area contributed by atoms with E-state index in [4.69, 9.17) is 15.0 Å². The summed E-state index contributed by atoms with van der Waals surface area (Å²) < 4.78 is 5.61. The van der Waals surface area contributed by atoms with Crippen molar-refractivity contribution in [2.24, 2.45) is 5.16 Å². The Morgan fingerprint density at radius 2 is 1.92 bits per heavy atom. The molecule has 6 rings (SSSR count). The summed E-state index contributed by atoms with van der Waals surface area (Å²) in [4.78, 5) is 61.5. The number of fused-ring (bicyclic) bond motifs is 1. The van der Waals surface area contributed by atoms with Crippen molar-refractivity contribution in [3.8, 4) is 23.0 Å². The number of aliphatic carboxylic acids is 2. The van der Waals surface area contributed by atoms with Gasteiger partial charge in [-0.1, -0.05) is 47.2 Å². The molecular weight excluding hydrogens is 703 g/mol. The standard InChI is InChI=1S/C29H23N7O10S3/c30-28-31-15(11-48-28)18(35-46-21(27(43)44)12-4-2-1-3-5-12)22(39)32-19-24(40)36-20(26(41)42)14(9-47-25(19)36)10-49-29-34-33-23(45-29)13-6-7-16(37)17(38)8-13/h1-8,11,19,21,25,37-38H,9-10H2,(H2,30,31)(H,32,39)(H,41,42)(H,43,44)/b35-18-/t19-,21?,25-/m1/s1. The van der Waals surface area contributed by atoms with E-state index in [0.29, 0.717) is 11.1 Å². The molecule has 1 fully saturated rings. The van der Waals surface area contributed by atoms with Gasteiger partial charge in [-0.2, -0.15) is 0 Å². The van der Waals surface area contributed by atoms with Gasteiger partial charge in [-0.15, -0.1) is 33.3 Å². The maximum Gasteiger partial charge on any atom is 0.352 e. The largest absolute Gasteiger partial charge is 0.504 e. The summed E-state index contributed by atoms with van der Waals surface area (Å²) in [6.45, 7) is 0. The van der Waals surface area contributed by atoms with Gasteiger partial charge in [0.05, 0.1) is 0 Å². The topological polar surface area (TPSA) is 264 Å². The Hall–Kier alpha value is -5.60. The number of benzene rings is 2. The molecule has 2 aromatic carbocycles. The highest BCUT2D eigenvalue weighted by Gasteiger charge is 2.54. The fourth-order valence-corrected chi connectivity index (χ4v) is 7.57. The molecule has 0 spiro atoms. The number of nitrogens with two attached hydrogens (primary N) is 1. The number of thiazole rings is 1. The molecule has 2 aromatic heterocycles. The zero-order chi connectivity index (χ0) is 34.8. The Morgan fingerprint density at radius 3 is 2.59 bits per heavy atom. The molecule has 0 saturated carbocycles. The van der Waals surface area contributed by atoms with Gasteiger partial charge in [-0.3, -0.25) is 14.5 Å². The van der Waals surface area contributed by atoms with Gasteiger partial charge in [0.25, 0.3) is 17.0 Å². The highest BCUT2D eigenvalue weighted by Crippen LogP contribution is 2.42. The van der Waals surface area contributed by atoms with Crippen LogP contribution in [0.2, 0.25) is 0 Å². The van der Waals surface area contributed by atoms with Gasteiger partial charge in [0, 0.05) is 28.0 Å². The Balaban J connectivity index is 1.16. The van der Waals surface area contributed by atoms with Gasteiger partial charge in [0.1, 0.15) is 22.8 Å². The fourth-order valence-electron chi connectivity index (χ4n) is 4.78. The molecule has 7 N–H and O–H groups in total. The molecule has 2 amide bonds. The predicted octanol–water partition coefficient (Wildman–Crippen LogP) is 2.26. The molecule has 0 bridgehead atoms. The van der Waals surface area contributed by atoms with Crippen LogP contribution in [0.3, 0.4) is 0 Å². The molecule has 252 valence electrons. The van der Waals surface area contributed by atoms with E-state index in [1.54, 1.807) is 18.2 Å². The molecular formula is C29H23N7O10S3. The monoisotopic (exact) mass is 725 g/mol. The van der Waals surface area contributed by atoms with E-state index in [1.807, 2.05) is 0 Å². The van der Waals surface area contributed by atoms with E-state index in [1.165, 1.54) is 47.5 Å². The minimum absolute atomic E-state index is 0.0195. The van der Waals surface area contributed by atoms with Crippen LogP contribution in [0.1, 0.15) is 17.4 Å². The first-order valence-corrected chi connectivity index (χ1v) is 16.9. The number of hydrogen-bond acceptors (Lipinski definition) is 16. The Kier molecular flexibility index (Phi) is 9.42. The number of amides is 2. The van der Waals surface area contributed by atoms with Crippen LogP contribution >= 0.6 is 34.9 Å². The number of carbonyl (C=O) groups excluding carboxylic acids is 2. The number of oxime groups is 1. The summed E-state index contributed by atoms with van der Waals surface area (Å²) in [7, 11) is 0. The van der Waals surface area contributed by atoms with Crippen LogP contribution in [0.5, 0.6) is 11.5 Å². The summed E-state index contributed by atoms with van der Waals surface area (Å²) in [6, 6.07) is 10.8. The Morgan fingerprint density at radius 1 is 1.14 bits per heavy atom. The lowest BCUT2D eigenvalue weighted by Crippen LogP contribution is -2.71. The predicted molar refractivity (Wildman–Crippen MR) is 174 cm³/mol. The number of rotatable bonds is 12. The summed E-state index contributed by atoms with van der Waals surface area (Å²) in [6.07, 6.45) is -1.56. The lowest BCUT2D eigenvalue weighted by Gasteiger charge is -2.49. The molecule has 2 aliphatic heterocycles. The number of nitrogens with zero attached hydrogens (tertiary/aromatic N) is 5. The number of hydrogen-bond donors (Lipinski definition) is 6. The number of thioether (sulfide) groups is 2. The molecule has 4 heterocycles. The van der Waals surface area contributed by atoms with E-state index in [9.17, 15) is 39.6 Å². The van der Waals surface area contributed by atoms with E-state index in [-0.39, 0.29) is 56.2 Å². The summed E-state index contributed by atoms with van der Waals surface area (Å²) in [5, 5.41) is 54.1. The zero-order valence-corrected chi connectivity index (χ0v) is 27.1. The maximum atomic E-state index is 13.5. The number of β-lactam (4-membered cyclic amide) rings is 1. The minimum Gasteiger partial charge on any atom is -0.504 e. The maximum absolute atomic E-state index is 13.5. The summed E-state index contributed by atoms with van der Waals surface area (Å²) in [5.41, 5.74) is 6.06. The highest BCUT2D eigenvalue weighted by molar-refractivity contribution is 8.01. The third-order valence-electron chi connectivity index (χ3n) is 7.09. The molecule has 1 saturated heterocycles. The second-order valence-corrected chi connectivity index (χ2v) is 13.2. The third-order valence-corrected chi connectivity index (χ3v) is 10.0. The van der Waals surface area contributed by atoms with Crippen LogP contribution in [-0.4, -0.2) is 92.9 Å². The number of carbonyl (C=O) groups is 4. The minimum atomic E-state index is -1.56. The van der Waals surface area contributed by atoms with E-state index < -0.39 is 47.0 Å². The van der Waals surface area contributed by atoms with Gasteiger partial charge in [-0.05, 0) is 23.8 Å². The average Bonchev–Trinajstić information content (AvgIpc) is 3.74. The molecule has 17 nitrogen and oxygen atoms in total. The molecule has 3 atom stereocenters. The van der Waals surface area contributed by atoms with Crippen molar-refractivity contribution in [1.29, 1.82) is 0 Å². The van der Waals surface area contributed by atoms with Crippen molar-refractivity contribution >= 4 is 69.5 Å².